The minimum absolute atomic E-state index is 0. The summed E-state index contributed by atoms with van der Waals surface area (Å²) in [6.07, 6.45) is 11.8. The van der Waals surface area contributed by atoms with Gasteiger partial charge in [-0.15, -0.1) is 0 Å². The Balaban J connectivity index is 0.000000162. The molecule has 83 heavy (non-hydrogen) atoms. The largest absolute Gasteiger partial charge is 1.00 e. The van der Waals surface area contributed by atoms with Crippen molar-refractivity contribution in [2.45, 2.75) is 59.3 Å². The van der Waals surface area contributed by atoms with Gasteiger partial charge in [-0.2, -0.15) is 15.3 Å². The Morgan fingerprint density at radius 2 is 0.976 bits per heavy atom. The Bertz CT molecular complexity index is 4260. The zero-order valence-corrected chi connectivity index (χ0v) is 49.1. The predicted molar refractivity (Wildman–Crippen MR) is 313 cm³/mol. The number of hydrogen-bond acceptors (Lipinski definition) is 8. The smallest absolute Gasteiger partial charge is 1.00 e. The molecule has 0 spiro atoms. The van der Waals surface area contributed by atoms with Gasteiger partial charge in [-0.1, -0.05) is 48.1 Å². The number of nitrogens with zero attached hydrogens (tertiary/aromatic N) is 12. The van der Waals surface area contributed by atoms with Gasteiger partial charge in [0.25, 0.3) is 5.82 Å². The van der Waals surface area contributed by atoms with Gasteiger partial charge in [-0.05, 0) is 121 Å². The number of imidazole rings is 3. The van der Waals surface area contributed by atoms with Crippen LogP contribution in [0.15, 0.2) is 146 Å². The van der Waals surface area contributed by atoms with Crippen molar-refractivity contribution in [3.63, 3.8) is 0 Å². The standard InChI is InChI=1S/2C21H20FN5O.C20H16FN5.Na.H/c1-13(2)21-19(20(25-26(21)3)14-4-7-16(22)8-5-14)15-6-9-17-23-10-18(24-12-28)27(17)11-15;1-13(2)20-19(21(26(3)25-20)14-4-7-16(22)8-5-14)15-6-9-17-23-10-18(24-12-28)27(17)11-15;1-12(2)19-18(20(25-24-19)13-4-7-15(21)8-5-13)14-6-9-16-23-10-17(22-3)26(16)11-14;;/h2*4-13H,1-3H3,(H,24,28);4-12H,1-2H3,(H,24,25);;/q;;;+1;-1. The normalized spacial score (nSPS) is 11.1. The monoisotopic (exact) mass is 1120 g/mol. The molecule has 0 bridgehead atoms. The van der Waals surface area contributed by atoms with Gasteiger partial charge < -0.3 is 16.9 Å². The molecule has 12 aromatic rings. The average Bonchev–Trinajstić information content (AvgIpc) is 3.98. The molecule has 9 heterocycles. The molecular weight excluding hydrogens is 1070 g/mol. The van der Waals surface area contributed by atoms with Gasteiger partial charge in [-0.25, -0.2) is 32.5 Å². The van der Waals surface area contributed by atoms with Gasteiger partial charge >= 0.3 is 29.6 Å². The molecule has 2 amide bonds. The van der Waals surface area contributed by atoms with E-state index in [1.165, 1.54) is 36.4 Å². The van der Waals surface area contributed by atoms with Crippen LogP contribution in [0, 0.1) is 24.0 Å². The van der Waals surface area contributed by atoms with E-state index in [0.717, 1.165) is 101 Å². The van der Waals surface area contributed by atoms with Crippen LogP contribution >= 0.6 is 0 Å². The number of fused-ring (bicyclic) bond motifs is 3. The molecule has 3 aromatic carbocycles. The van der Waals surface area contributed by atoms with Crippen molar-refractivity contribution >= 4 is 47.2 Å². The number of anilines is 2. The van der Waals surface area contributed by atoms with Gasteiger partial charge in [0.1, 0.15) is 51.8 Å². The Morgan fingerprint density at radius 3 is 1.46 bits per heavy atom. The van der Waals surface area contributed by atoms with Crippen molar-refractivity contribution in [1.82, 2.24) is 57.9 Å². The Labute approximate surface area is 499 Å². The number of H-pyrrole nitrogens is 1. The maximum Gasteiger partial charge on any atom is 1.00 e. The number of carbonyl (C=O) groups is 2. The van der Waals surface area contributed by atoms with Crippen LogP contribution in [0.5, 0.6) is 0 Å². The molecule has 12 rings (SSSR count). The predicted octanol–water partition coefficient (Wildman–Crippen LogP) is 10.8. The van der Waals surface area contributed by atoms with Crippen LogP contribution in [-0.2, 0) is 23.7 Å². The van der Waals surface area contributed by atoms with E-state index in [2.05, 4.69) is 82.2 Å². The van der Waals surface area contributed by atoms with E-state index in [1.54, 1.807) is 59.4 Å². The molecule has 0 unspecified atom stereocenters. The SMILES string of the molecule is CC(C)c1c(-c2ccc3ncc(NC=O)n3c2)c(-c2ccc(F)cc2)nn1C.CC(C)c1nn(C)c(-c2ccc(F)cc2)c1-c1ccc2ncc(NC=O)n2c1.[C-]#[N+]c1cnc2ccc(-c3c(-c4ccc(F)cc4)n[nH]c3C(C)C)cn12.[H-].[Na+]. The Kier molecular flexibility index (Phi) is 17.4. The molecule has 0 fully saturated rings. The van der Waals surface area contributed by atoms with Crippen LogP contribution in [0.4, 0.5) is 30.6 Å². The molecule has 0 saturated heterocycles. The fourth-order valence-electron chi connectivity index (χ4n) is 10.1. The molecule has 0 atom stereocenters. The molecule has 21 heteroatoms. The number of hydrogen-bond donors (Lipinski definition) is 3. The van der Waals surface area contributed by atoms with Crippen LogP contribution in [0.3, 0.4) is 0 Å². The van der Waals surface area contributed by atoms with Crippen molar-refractivity contribution in [3.8, 4) is 67.2 Å². The summed E-state index contributed by atoms with van der Waals surface area (Å²) in [6, 6.07) is 30.7. The molecular formula is C62H57F3N15NaO2. The number of aromatic amines is 1. The zero-order valence-electron chi connectivity index (χ0n) is 48.1. The van der Waals surface area contributed by atoms with Crippen molar-refractivity contribution in [2.75, 3.05) is 10.6 Å². The quantitative estimate of drug-likeness (QED) is 0.0580. The maximum atomic E-state index is 13.4. The second-order valence-electron chi connectivity index (χ2n) is 20.3. The minimum Gasteiger partial charge on any atom is -1.00 e. The van der Waals surface area contributed by atoms with Crippen LogP contribution in [0.1, 0.15) is 77.8 Å². The molecule has 17 nitrogen and oxygen atoms in total. The van der Waals surface area contributed by atoms with E-state index in [0.29, 0.717) is 30.3 Å². The first-order chi connectivity index (χ1) is 39.6. The summed E-state index contributed by atoms with van der Waals surface area (Å²) in [5.41, 5.74) is 15.9. The van der Waals surface area contributed by atoms with Gasteiger partial charge in [0, 0.05) is 94.0 Å². The number of nitrogens with one attached hydrogen (secondary N) is 3. The van der Waals surface area contributed by atoms with Crippen molar-refractivity contribution < 1.29 is 53.7 Å². The van der Waals surface area contributed by atoms with Crippen LogP contribution in [0.25, 0.3) is 88.9 Å². The van der Waals surface area contributed by atoms with Crippen LogP contribution in [-0.4, -0.2) is 70.7 Å². The maximum absolute atomic E-state index is 13.4. The zero-order chi connectivity index (χ0) is 57.9. The van der Waals surface area contributed by atoms with E-state index >= 15 is 0 Å². The second-order valence-corrected chi connectivity index (χ2v) is 20.3. The van der Waals surface area contributed by atoms with E-state index in [4.69, 9.17) is 16.8 Å². The molecule has 9 aromatic heterocycles. The van der Waals surface area contributed by atoms with E-state index in [1.807, 2.05) is 87.2 Å². The summed E-state index contributed by atoms with van der Waals surface area (Å²) >= 11 is 0. The fourth-order valence-corrected chi connectivity index (χ4v) is 10.1. The van der Waals surface area contributed by atoms with Gasteiger partial charge in [-0.3, -0.25) is 32.9 Å². The third kappa shape index (κ3) is 11.7. The number of rotatable bonds is 13. The molecule has 0 saturated carbocycles. The van der Waals surface area contributed by atoms with Crippen molar-refractivity contribution in [2.24, 2.45) is 14.1 Å². The van der Waals surface area contributed by atoms with Gasteiger partial charge in [0.05, 0.1) is 36.2 Å². The number of amides is 2. The fraction of sp³-hybridized carbons (Fsp3) is 0.177. The summed E-state index contributed by atoms with van der Waals surface area (Å²) in [7, 11) is 3.81. The topological polar surface area (TPSA) is 179 Å². The van der Waals surface area contributed by atoms with Crippen molar-refractivity contribution in [1.29, 1.82) is 0 Å². The van der Waals surface area contributed by atoms with Gasteiger partial charge in [0.2, 0.25) is 18.5 Å². The first-order valence-electron chi connectivity index (χ1n) is 26.3. The number of benzene rings is 3. The molecule has 0 aliphatic rings. The first kappa shape index (κ1) is 58.2. The number of aromatic nitrogens is 12. The van der Waals surface area contributed by atoms with Crippen LogP contribution in [0.2, 0.25) is 0 Å². The molecule has 0 aliphatic carbocycles. The van der Waals surface area contributed by atoms with E-state index in [9.17, 15) is 22.8 Å². The third-order valence-corrected chi connectivity index (χ3v) is 13.9. The van der Waals surface area contributed by atoms with E-state index < -0.39 is 0 Å². The summed E-state index contributed by atoms with van der Waals surface area (Å²) in [6.45, 7) is 19.9. The third-order valence-electron chi connectivity index (χ3n) is 13.9. The minimum atomic E-state index is -0.283. The Hall–Kier alpha value is -9.42. The molecule has 0 radical (unpaired) electrons. The number of halogens is 3. The average molecular weight is 1120 g/mol. The Morgan fingerprint density at radius 1 is 0.530 bits per heavy atom. The van der Waals surface area contributed by atoms with Crippen molar-refractivity contribution in [3.05, 3.63) is 192 Å². The summed E-state index contributed by atoms with van der Waals surface area (Å²) in [5.74, 6) is 1.45. The molecule has 0 aliphatic heterocycles. The number of carbonyl (C=O) groups excluding carboxylic acids is 2. The summed E-state index contributed by atoms with van der Waals surface area (Å²) in [4.78, 5) is 38.1. The number of pyridine rings is 3. The summed E-state index contributed by atoms with van der Waals surface area (Å²) < 4.78 is 49.3. The van der Waals surface area contributed by atoms with Gasteiger partial charge in [0.15, 0.2) is 0 Å². The second kappa shape index (κ2) is 24.7. The van der Waals surface area contributed by atoms with E-state index in [-0.39, 0.29) is 66.2 Å². The summed E-state index contributed by atoms with van der Waals surface area (Å²) in [5, 5.41) is 22.4. The molecule has 3 N–H and O–H groups in total. The molecule has 414 valence electrons. The first-order valence-corrected chi connectivity index (χ1v) is 26.3. The number of aryl methyl sites for hydroxylation is 2. The van der Waals surface area contributed by atoms with Crippen LogP contribution < -0.4 is 40.2 Å².